The van der Waals surface area contributed by atoms with Gasteiger partial charge in [0.25, 0.3) is 5.56 Å². The minimum absolute atomic E-state index is 0.0759. The van der Waals surface area contributed by atoms with E-state index in [0.717, 1.165) is 62.0 Å². The van der Waals surface area contributed by atoms with E-state index in [1.165, 1.54) is 18.5 Å². The molecule has 6 heteroatoms. The van der Waals surface area contributed by atoms with Gasteiger partial charge in [0.15, 0.2) is 0 Å². The van der Waals surface area contributed by atoms with E-state index >= 15 is 0 Å². The van der Waals surface area contributed by atoms with Gasteiger partial charge in [0.05, 0.1) is 11.7 Å². The largest absolute Gasteiger partial charge is 0.367 e. The van der Waals surface area contributed by atoms with Gasteiger partial charge in [0, 0.05) is 29.8 Å². The van der Waals surface area contributed by atoms with Crippen LogP contribution in [0.25, 0.3) is 0 Å². The molecule has 0 unspecified atom stereocenters. The molecule has 2 fully saturated rings. The van der Waals surface area contributed by atoms with Crippen LogP contribution in [0.15, 0.2) is 23.3 Å². The predicted molar refractivity (Wildman–Crippen MR) is 99.4 cm³/mol. The number of aryl methyl sites for hydroxylation is 2. The topological polar surface area (TPSA) is 72.7 Å². The van der Waals surface area contributed by atoms with Gasteiger partial charge in [-0.15, -0.1) is 0 Å². The molecule has 0 aromatic carbocycles. The van der Waals surface area contributed by atoms with E-state index in [2.05, 4.69) is 26.4 Å². The quantitative estimate of drug-likeness (QED) is 0.917. The first-order valence-electron chi connectivity index (χ1n) is 9.96. The van der Waals surface area contributed by atoms with E-state index in [1.807, 2.05) is 6.07 Å². The number of hydrogen-bond acceptors (Lipinski definition) is 5. The molecule has 0 bridgehead atoms. The molecule has 0 spiro atoms. The number of anilines is 1. The highest BCUT2D eigenvalue weighted by molar-refractivity contribution is 5.38. The molecule has 6 nitrogen and oxygen atoms in total. The number of hydrogen-bond donors (Lipinski definition) is 1. The first-order valence-corrected chi connectivity index (χ1v) is 9.96. The summed E-state index contributed by atoms with van der Waals surface area (Å²) in [7, 11) is 0. The minimum Gasteiger partial charge on any atom is -0.367 e. The van der Waals surface area contributed by atoms with Crippen LogP contribution in [0.5, 0.6) is 0 Å². The van der Waals surface area contributed by atoms with Gasteiger partial charge in [-0.05, 0) is 63.4 Å². The van der Waals surface area contributed by atoms with Crippen molar-refractivity contribution in [1.29, 1.82) is 0 Å². The fourth-order valence-corrected chi connectivity index (χ4v) is 4.40. The van der Waals surface area contributed by atoms with Crippen LogP contribution in [0.3, 0.4) is 0 Å². The first kappa shape index (κ1) is 16.0. The third kappa shape index (κ3) is 3.13. The van der Waals surface area contributed by atoms with Gasteiger partial charge in [-0.3, -0.25) is 4.79 Å². The van der Waals surface area contributed by atoms with Crippen LogP contribution in [-0.2, 0) is 12.8 Å². The Morgan fingerprint density at radius 3 is 2.65 bits per heavy atom. The van der Waals surface area contributed by atoms with E-state index in [0.29, 0.717) is 12.0 Å². The van der Waals surface area contributed by atoms with Gasteiger partial charge in [0.2, 0.25) is 0 Å². The van der Waals surface area contributed by atoms with E-state index < -0.39 is 0 Å². The molecule has 3 aliphatic carbocycles. The Labute approximate surface area is 153 Å². The molecule has 0 amide bonds. The number of nitrogens with one attached hydrogen (secondary N) is 1. The average molecular weight is 351 g/mol. The summed E-state index contributed by atoms with van der Waals surface area (Å²) in [4.78, 5) is 21.2. The Hall–Kier alpha value is -2.24. The second kappa shape index (κ2) is 6.49. The van der Waals surface area contributed by atoms with Crippen LogP contribution in [-0.4, -0.2) is 25.8 Å². The molecule has 26 heavy (non-hydrogen) atoms. The lowest BCUT2D eigenvalue weighted by Gasteiger charge is -2.30. The summed E-state index contributed by atoms with van der Waals surface area (Å²) in [6, 6.07) is 4.58. The van der Waals surface area contributed by atoms with E-state index in [1.54, 1.807) is 11.0 Å². The Bertz CT molecular complexity index is 865. The number of rotatable bonds is 4. The van der Waals surface area contributed by atoms with Gasteiger partial charge >= 0.3 is 0 Å². The zero-order chi connectivity index (χ0) is 17.5. The molecule has 3 aliphatic rings. The van der Waals surface area contributed by atoms with Gasteiger partial charge in [-0.1, -0.05) is 0 Å². The number of nitrogens with zero attached hydrogens (tertiary/aromatic N) is 4. The number of aromatic nitrogens is 4. The molecule has 0 aliphatic heterocycles. The molecule has 2 saturated carbocycles. The summed E-state index contributed by atoms with van der Waals surface area (Å²) in [5, 5.41) is 8.26. The van der Waals surface area contributed by atoms with E-state index in [9.17, 15) is 4.79 Å². The van der Waals surface area contributed by atoms with Crippen molar-refractivity contribution in [2.24, 2.45) is 0 Å². The lowest BCUT2D eigenvalue weighted by molar-refractivity contribution is 0.301. The van der Waals surface area contributed by atoms with Crippen molar-refractivity contribution in [3.05, 3.63) is 45.8 Å². The van der Waals surface area contributed by atoms with Crippen molar-refractivity contribution >= 4 is 5.82 Å². The van der Waals surface area contributed by atoms with Gasteiger partial charge < -0.3 is 5.32 Å². The van der Waals surface area contributed by atoms with Crippen molar-refractivity contribution in [1.82, 2.24) is 19.7 Å². The molecule has 5 rings (SSSR count). The smallest absolute Gasteiger partial charge is 0.267 e. The Balaban J connectivity index is 1.24. The standard InChI is InChI=1S/C20H25N5O/c26-20-10-14-2-1-3-17(14)24-25(20)16-8-6-15(7-9-16)23-19-11-18(13-4-5-13)21-12-22-19/h10-13,15-16H,1-9H2,(H,21,22,23). The van der Waals surface area contributed by atoms with Crippen LogP contribution in [0.2, 0.25) is 0 Å². The maximum absolute atomic E-state index is 12.4. The maximum atomic E-state index is 12.4. The molecule has 0 atom stereocenters. The van der Waals surface area contributed by atoms with Gasteiger partial charge in [-0.25, -0.2) is 14.6 Å². The highest BCUT2D eigenvalue weighted by atomic mass is 16.1. The third-order valence-corrected chi connectivity index (χ3v) is 6.06. The van der Waals surface area contributed by atoms with E-state index in [-0.39, 0.29) is 11.6 Å². The normalized spacial score (nSPS) is 25.1. The van der Waals surface area contributed by atoms with Crippen molar-refractivity contribution < 1.29 is 0 Å². The first-order chi connectivity index (χ1) is 12.8. The summed E-state index contributed by atoms with van der Waals surface area (Å²) in [5.74, 6) is 1.59. The maximum Gasteiger partial charge on any atom is 0.267 e. The third-order valence-electron chi connectivity index (χ3n) is 6.06. The summed E-state index contributed by atoms with van der Waals surface area (Å²) >= 11 is 0. The zero-order valence-corrected chi connectivity index (χ0v) is 15.0. The van der Waals surface area contributed by atoms with Crippen molar-refractivity contribution in [3.63, 3.8) is 0 Å². The molecule has 2 aromatic heterocycles. The second-order valence-electron chi connectivity index (χ2n) is 8.00. The van der Waals surface area contributed by atoms with Crippen LogP contribution in [0, 0.1) is 0 Å². The second-order valence-corrected chi connectivity index (χ2v) is 8.00. The Morgan fingerprint density at radius 1 is 1.00 bits per heavy atom. The summed E-state index contributed by atoms with van der Waals surface area (Å²) in [6.07, 6.45) is 11.4. The Kier molecular flexibility index (Phi) is 3.98. The molecule has 2 aromatic rings. The molecular formula is C20H25N5O. The zero-order valence-electron chi connectivity index (χ0n) is 15.0. The molecule has 0 saturated heterocycles. The lowest BCUT2D eigenvalue weighted by atomic mass is 9.91. The number of fused-ring (bicyclic) bond motifs is 1. The average Bonchev–Trinajstić information content (AvgIpc) is 3.41. The summed E-state index contributed by atoms with van der Waals surface area (Å²) < 4.78 is 1.76. The van der Waals surface area contributed by atoms with Gasteiger partial charge in [-0.2, -0.15) is 5.10 Å². The van der Waals surface area contributed by atoms with Crippen LogP contribution < -0.4 is 10.9 Å². The van der Waals surface area contributed by atoms with E-state index in [4.69, 9.17) is 0 Å². The summed E-state index contributed by atoms with van der Waals surface area (Å²) in [6.45, 7) is 0. The van der Waals surface area contributed by atoms with Crippen LogP contribution >= 0.6 is 0 Å². The monoisotopic (exact) mass is 351 g/mol. The molecule has 2 heterocycles. The molecular weight excluding hydrogens is 326 g/mol. The van der Waals surface area contributed by atoms with Crippen molar-refractivity contribution in [2.45, 2.75) is 75.8 Å². The Morgan fingerprint density at radius 2 is 1.85 bits per heavy atom. The predicted octanol–water partition coefficient (Wildman–Crippen LogP) is 3.00. The highest BCUT2D eigenvalue weighted by Gasteiger charge is 2.27. The molecule has 136 valence electrons. The van der Waals surface area contributed by atoms with Crippen molar-refractivity contribution in [3.8, 4) is 0 Å². The van der Waals surface area contributed by atoms with Crippen molar-refractivity contribution in [2.75, 3.05) is 5.32 Å². The van der Waals surface area contributed by atoms with Crippen LogP contribution in [0.1, 0.15) is 73.9 Å². The fraction of sp³-hybridized carbons (Fsp3) is 0.600. The lowest BCUT2D eigenvalue weighted by Crippen LogP contribution is -2.34. The van der Waals surface area contributed by atoms with Crippen LogP contribution in [0.4, 0.5) is 5.82 Å². The molecule has 1 N–H and O–H groups in total. The molecule has 0 radical (unpaired) electrons. The fourth-order valence-electron chi connectivity index (χ4n) is 4.40. The van der Waals surface area contributed by atoms with Gasteiger partial charge in [0.1, 0.15) is 12.1 Å². The highest BCUT2D eigenvalue weighted by Crippen LogP contribution is 2.39. The summed E-state index contributed by atoms with van der Waals surface area (Å²) in [5.41, 5.74) is 3.55. The SMILES string of the molecule is O=c1cc2c(nn1C1CCC(Nc3cc(C4CC4)ncn3)CC1)CCC2. The minimum atomic E-state index is 0.0759.